The highest BCUT2D eigenvalue weighted by atomic mass is 79.9. The number of phenols is 1. The third-order valence-corrected chi connectivity index (χ3v) is 14.0. The maximum absolute atomic E-state index is 14.5. The van der Waals surface area contributed by atoms with Crippen LogP contribution in [0.4, 0.5) is 21.0 Å². The first-order chi connectivity index (χ1) is 31.7. The molecule has 0 radical (unpaired) electrons. The van der Waals surface area contributed by atoms with Crippen LogP contribution >= 0.6 is 31.9 Å². The lowest BCUT2D eigenvalue weighted by molar-refractivity contribution is -0.236. The van der Waals surface area contributed by atoms with Crippen molar-refractivity contribution < 1.29 is 49.4 Å². The van der Waals surface area contributed by atoms with Gasteiger partial charge < -0.3 is 60.5 Å². The van der Waals surface area contributed by atoms with Crippen LogP contribution in [0.1, 0.15) is 43.2 Å². The van der Waals surface area contributed by atoms with Crippen LogP contribution in [0, 0.1) is 0 Å². The van der Waals surface area contributed by atoms with Crippen LogP contribution in [0.2, 0.25) is 0 Å². The minimum Gasteiger partial charge on any atom is -0.506 e. The largest absolute Gasteiger partial charge is 0.506 e. The fraction of sp³-hybridized carbons (Fsp3) is 0.523. The van der Waals surface area contributed by atoms with Crippen molar-refractivity contribution in [1.29, 1.82) is 0 Å². The number of nitrogens with two attached hydrogens (primary N) is 1. The summed E-state index contributed by atoms with van der Waals surface area (Å²) < 4.78 is 6.32. The van der Waals surface area contributed by atoms with E-state index in [1.165, 1.54) is 0 Å². The second-order valence-electron chi connectivity index (χ2n) is 17.0. The van der Waals surface area contributed by atoms with Crippen LogP contribution in [0.25, 0.3) is 0 Å². The fourth-order valence-electron chi connectivity index (χ4n) is 8.94. The summed E-state index contributed by atoms with van der Waals surface area (Å²) in [4.78, 5) is 67.6. The van der Waals surface area contributed by atoms with E-state index in [2.05, 4.69) is 57.7 Å². The number of unbranched alkanes of at least 4 members (excludes halogenated alkanes) is 1. The van der Waals surface area contributed by atoms with Gasteiger partial charge in [0.15, 0.2) is 0 Å². The van der Waals surface area contributed by atoms with E-state index in [0.29, 0.717) is 91.7 Å². The summed E-state index contributed by atoms with van der Waals surface area (Å²) in [5.41, 5.74) is 3.17. The number of piperazine rings is 1. The van der Waals surface area contributed by atoms with Gasteiger partial charge in [-0.25, -0.2) is 20.4 Å². The molecule has 0 bridgehead atoms. The van der Waals surface area contributed by atoms with Gasteiger partial charge in [-0.05, 0) is 112 Å². The molecule has 0 saturated carbocycles. The van der Waals surface area contributed by atoms with Gasteiger partial charge in [0.05, 0.1) is 21.2 Å². The monoisotopic (exact) mass is 1040 g/mol. The van der Waals surface area contributed by atoms with Crippen molar-refractivity contribution in [2.75, 3.05) is 62.3 Å². The first-order valence-corrected chi connectivity index (χ1v) is 23.8. The minimum absolute atomic E-state index is 0.00801. The van der Waals surface area contributed by atoms with Crippen molar-refractivity contribution in [1.82, 2.24) is 35.6 Å². The Bertz CT molecular complexity index is 2140. The van der Waals surface area contributed by atoms with Crippen molar-refractivity contribution in [3.63, 3.8) is 0 Å². The molecule has 2 aromatic carbocycles. The second-order valence-corrected chi connectivity index (χ2v) is 18.7. The Labute approximate surface area is 399 Å². The standard InChI is InChI=1S/C44H58Br2N10O10/c45-30-21-26(22-31(46)36(30)58)23-33(51-43(64)54-15-10-29(11-16-54)55-24-27-5-1-2-7-34(27)56(47)44(55)65)40(62)50-32(42(63)53-19-17-52(18-20-53)28-8-13-48-14-9-28)6-3-4-12-49-41-39(61)38(60)37(59)35(25-57)66-41/h1-2,5,7-9,13-14,21-22,29,32-33,35,37-39,41,49,57-61H,3-4,6,10-12,15-20,23-25,47H2,(H,50,62)(H,51,64)/t32-,33+,35+,37-,38-,39+,41-/m0/s1. The van der Waals surface area contributed by atoms with Gasteiger partial charge in [0, 0.05) is 76.4 Å². The van der Waals surface area contributed by atoms with Gasteiger partial charge >= 0.3 is 12.1 Å². The lowest BCUT2D eigenvalue weighted by atomic mass is 9.98. The molecule has 20 nitrogen and oxygen atoms in total. The number of anilines is 2. The van der Waals surface area contributed by atoms with E-state index >= 15 is 0 Å². The summed E-state index contributed by atoms with van der Waals surface area (Å²) >= 11 is 6.73. The number of nitrogens with zero attached hydrogens (tertiary/aromatic N) is 6. The lowest BCUT2D eigenvalue weighted by Crippen LogP contribution is -2.62. The minimum atomic E-state index is -1.53. The summed E-state index contributed by atoms with van der Waals surface area (Å²) in [5, 5.41) is 60.9. The number of aliphatic hydroxyl groups excluding tert-OH is 4. The number of urea groups is 2. The molecule has 4 aliphatic rings. The first kappa shape index (κ1) is 49.3. The van der Waals surface area contributed by atoms with E-state index in [1.54, 1.807) is 45.3 Å². The summed E-state index contributed by atoms with van der Waals surface area (Å²) in [6, 6.07) is 11.5. The Balaban J connectivity index is 1.03. The number of fused-ring (bicyclic) bond motifs is 1. The molecule has 4 aliphatic heterocycles. The molecule has 3 fully saturated rings. The number of hydrogen-bond acceptors (Lipinski definition) is 14. The molecule has 7 rings (SSSR count). The maximum Gasteiger partial charge on any atom is 0.339 e. The number of phenolic OH excluding ortho intramolecular Hbond substituents is 1. The van der Waals surface area contributed by atoms with Crippen LogP contribution in [0.3, 0.4) is 0 Å². The summed E-state index contributed by atoms with van der Waals surface area (Å²) in [5.74, 6) is 5.29. The van der Waals surface area contributed by atoms with Crippen LogP contribution < -0.4 is 31.7 Å². The predicted molar refractivity (Wildman–Crippen MR) is 249 cm³/mol. The molecule has 3 saturated heterocycles. The molecule has 3 aromatic rings. The van der Waals surface area contributed by atoms with Gasteiger partial charge in [0.2, 0.25) is 11.8 Å². The number of piperidine rings is 1. The van der Waals surface area contributed by atoms with Gasteiger partial charge in [-0.3, -0.25) is 19.9 Å². The number of para-hydroxylation sites is 1. The Kier molecular flexibility index (Phi) is 16.7. The van der Waals surface area contributed by atoms with Crippen molar-refractivity contribution in [3.8, 4) is 5.75 Å². The average Bonchev–Trinajstić information content (AvgIpc) is 3.33. The Hall–Kier alpha value is -4.65. The number of ether oxygens (including phenoxy) is 1. The van der Waals surface area contributed by atoms with Gasteiger partial charge in [-0.1, -0.05) is 18.2 Å². The van der Waals surface area contributed by atoms with Crippen LogP contribution in [0.15, 0.2) is 69.9 Å². The number of hydrazine groups is 1. The normalized spacial score (nSPS) is 23.6. The van der Waals surface area contributed by atoms with E-state index in [1.807, 2.05) is 30.3 Å². The lowest BCUT2D eigenvalue weighted by Gasteiger charge is -2.42. The molecule has 5 heterocycles. The molecule has 0 aliphatic carbocycles. The molecule has 22 heteroatoms. The number of aromatic hydroxyl groups is 1. The molecule has 66 heavy (non-hydrogen) atoms. The molecule has 0 unspecified atom stereocenters. The number of aliphatic hydroxyl groups is 4. The molecule has 10 N–H and O–H groups in total. The highest BCUT2D eigenvalue weighted by molar-refractivity contribution is 9.11. The summed E-state index contributed by atoms with van der Waals surface area (Å²) in [6.45, 7) is 2.64. The predicted octanol–water partition coefficient (Wildman–Crippen LogP) is 1.11. The zero-order valence-corrected chi connectivity index (χ0v) is 39.5. The quantitative estimate of drug-likeness (QED) is 0.0587. The molecular formula is C44H58Br2N10O10. The van der Waals surface area contributed by atoms with E-state index in [-0.39, 0.29) is 43.1 Å². The van der Waals surface area contributed by atoms with Gasteiger partial charge in [-0.15, -0.1) is 0 Å². The second kappa shape index (κ2) is 22.4. The zero-order chi connectivity index (χ0) is 47.1. The zero-order valence-electron chi connectivity index (χ0n) is 36.3. The van der Waals surface area contributed by atoms with E-state index in [9.17, 15) is 44.7 Å². The summed E-state index contributed by atoms with van der Waals surface area (Å²) in [6.07, 6.45) is -1.10. The number of carbonyl (C=O) groups is 4. The number of hydrogen-bond donors (Lipinski definition) is 9. The number of aromatic nitrogens is 1. The molecule has 358 valence electrons. The third kappa shape index (κ3) is 11.5. The highest BCUT2D eigenvalue weighted by Crippen LogP contribution is 2.34. The topological polar surface area (TPSA) is 270 Å². The first-order valence-electron chi connectivity index (χ1n) is 22.2. The number of nitrogens with one attached hydrogen (secondary N) is 3. The number of halogens is 2. The molecule has 6 amide bonds. The maximum atomic E-state index is 14.5. The molecule has 7 atom stereocenters. The van der Waals surface area contributed by atoms with Crippen molar-refractivity contribution >= 4 is 67.1 Å². The van der Waals surface area contributed by atoms with E-state index < -0.39 is 61.3 Å². The number of pyridine rings is 1. The van der Waals surface area contributed by atoms with Gasteiger partial charge in [0.25, 0.3) is 0 Å². The molecule has 1 aromatic heterocycles. The van der Waals surface area contributed by atoms with Crippen LogP contribution in [-0.4, -0.2) is 170 Å². The highest BCUT2D eigenvalue weighted by Gasteiger charge is 2.43. The molecule has 0 spiro atoms. The number of likely N-dealkylation sites (tertiary alicyclic amines) is 1. The smallest absolute Gasteiger partial charge is 0.339 e. The third-order valence-electron chi connectivity index (χ3n) is 12.8. The van der Waals surface area contributed by atoms with E-state index in [4.69, 9.17) is 10.6 Å². The fourth-order valence-corrected chi connectivity index (χ4v) is 10.2. The van der Waals surface area contributed by atoms with Crippen LogP contribution in [0.5, 0.6) is 5.75 Å². The van der Waals surface area contributed by atoms with Gasteiger partial charge in [-0.2, -0.15) is 0 Å². The Morgan fingerprint density at radius 2 is 1.55 bits per heavy atom. The average molecular weight is 1050 g/mol. The van der Waals surface area contributed by atoms with Crippen molar-refractivity contribution in [2.45, 2.75) is 93.8 Å². The number of rotatable bonds is 15. The van der Waals surface area contributed by atoms with Crippen LogP contribution in [-0.2, 0) is 27.3 Å². The molecular weight excluding hydrogens is 988 g/mol. The van der Waals surface area contributed by atoms with E-state index in [0.717, 1.165) is 16.3 Å². The SMILES string of the molecule is NN1C(=O)N(C2CCN(C(=O)N[C@H](Cc3cc(Br)c(O)c(Br)c3)C(=O)N[C@@H](CCCCN[C@H]3O[C@H](CO)[C@H](O)[C@H](O)[C@H]3O)C(=O)N3CCN(c4ccncc4)CC3)CC2)Cc2ccccc21. The number of amides is 6. The van der Waals surface area contributed by atoms with Crippen molar-refractivity contribution in [2.24, 2.45) is 5.84 Å². The van der Waals surface area contributed by atoms with Crippen molar-refractivity contribution in [3.05, 3.63) is 81.0 Å². The number of carbonyl (C=O) groups excluding carboxylic acids is 4. The number of benzene rings is 2. The Morgan fingerprint density at radius 3 is 2.23 bits per heavy atom. The van der Waals surface area contributed by atoms with Gasteiger partial charge in [0.1, 0.15) is 48.5 Å². The summed E-state index contributed by atoms with van der Waals surface area (Å²) in [7, 11) is 0. The Morgan fingerprint density at radius 1 is 0.864 bits per heavy atom.